The molecule has 0 amide bonds. The van der Waals surface area contributed by atoms with Crippen LogP contribution in [-0.4, -0.2) is 30.6 Å². The van der Waals surface area contributed by atoms with Crippen LogP contribution in [0.15, 0.2) is 18.2 Å². The number of halogens is 1. The Morgan fingerprint density at radius 3 is 3.06 bits per heavy atom. The van der Waals surface area contributed by atoms with E-state index in [9.17, 15) is 4.39 Å². The Hall–Kier alpha value is -0.930. The SMILES string of the molecule is Cc1ccc(F)c(CN2CCNC(C)C2)c1. The summed E-state index contributed by atoms with van der Waals surface area (Å²) >= 11 is 0. The van der Waals surface area contributed by atoms with Crippen LogP contribution in [0.25, 0.3) is 0 Å². The van der Waals surface area contributed by atoms with E-state index in [2.05, 4.69) is 17.1 Å². The van der Waals surface area contributed by atoms with Crippen LogP contribution >= 0.6 is 0 Å². The Morgan fingerprint density at radius 2 is 2.31 bits per heavy atom. The number of hydrogen-bond donors (Lipinski definition) is 1. The molecule has 3 heteroatoms. The van der Waals surface area contributed by atoms with Gasteiger partial charge in [-0.05, 0) is 19.9 Å². The normalized spacial score (nSPS) is 22.3. The van der Waals surface area contributed by atoms with Crippen LogP contribution in [0, 0.1) is 12.7 Å². The first-order valence-corrected chi connectivity index (χ1v) is 5.86. The van der Waals surface area contributed by atoms with Crippen LogP contribution in [0.1, 0.15) is 18.1 Å². The summed E-state index contributed by atoms with van der Waals surface area (Å²) < 4.78 is 13.6. The molecule has 1 heterocycles. The van der Waals surface area contributed by atoms with Crippen molar-refractivity contribution in [3.05, 3.63) is 35.1 Å². The van der Waals surface area contributed by atoms with Gasteiger partial charge in [0.15, 0.2) is 0 Å². The number of nitrogens with zero attached hydrogens (tertiary/aromatic N) is 1. The molecule has 0 aliphatic carbocycles. The van der Waals surface area contributed by atoms with E-state index >= 15 is 0 Å². The quantitative estimate of drug-likeness (QED) is 0.822. The van der Waals surface area contributed by atoms with E-state index < -0.39 is 0 Å². The first-order valence-electron chi connectivity index (χ1n) is 5.86. The lowest BCUT2D eigenvalue weighted by atomic mass is 10.1. The fourth-order valence-corrected chi connectivity index (χ4v) is 2.22. The standard InChI is InChI=1S/C13H19FN2/c1-10-3-4-13(14)12(7-10)9-16-6-5-15-11(2)8-16/h3-4,7,11,15H,5-6,8-9H2,1-2H3. The first-order chi connectivity index (χ1) is 7.65. The van der Waals surface area contributed by atoms with Crippen molar-refractivity contribution in [3.8, 4) is 0 Å². The maximum Gasteiger partial charge on any atom is 0.127 e. The van der Waals surface area contributed by atoms with Crippen LogP contribution in [0.5, 0.6) is 0 Å². The Kier molecular flexibility index (Phi) is 3.56. The van der Waals surface area contributed by atoms with E-state index in [0.29, 0.717) is 6.04 Å². The number of hydrogen-bond acceptors (Lipinski definition) is 2. The molecule has 88 valence electrons. The molecule has 1 aromatic rings. The summed E-state index contributed by atoms with van der Waals surface area (Å²) in [6.45, 7) is 7.88. The van der Waals surface area contributed by atoms with E-state index in [1.165, 1.54) is 0 Å². The van der Waals surface area contributed by atoms with Crippen LogP contribution < -0.4 is 5.32 Å². The average molecular weight is 222 g/mol. The van der Waals surface area contributed by atoms with Crippen LogP contribution in [0.4, 0.5) is 4.39 Å². The van der Waals surface area contributed by atoms with Gasteiger partial charge in [0.25, 0.3) is 0 Å². The minimum atomic E-state index is -0.0863. The molecule has 1 saturated heterocycles. The lowest BCUT2D eigenvalue weighted by molar-refractivity contribution is 0.197. The molecule has 1 N–H and O–H groups in total. The van der Waals surface area contributed by atoms with Crippen molar-refractivity contribution in [3.63, 3.8) is 0 Å². The molecular formula is C13H19FN2. The predicted octanol–water partition coefficient (Wildman–Crippen LogP) is 1.93. The van der Waals surface area contributed by atoms with Crippen molar-refractivity contribution >= 4 is 0 Å². The van der Waals surface area contributed by atoms with Crippen LogP contribution in [0.3, 0.4) is 0 Å². The molecule has 1 aliphatic rings. The molecule has 2 rings (SSSR count). The summed E-state index contributed by atoms with van der Waals surface area (Å²) in [7, 11) is 0. The van der Waals surface area contributed by atoms with Gasteiger partial charge in [0, 0.05) is 37.8 Å². The average Bonchev–Trinajstić information content (AvgIpc) is 2.24. The third-order valence-electron chi connectivity index (χ3n) is 3.05. The Balaban J connectivity index is 2.05. The first kappa shape index (κ1) is 11.6. The Bertz CT molecular complexity index is 365. The number of nitrogens with one attached hydrogen (secondary N) is 1. The highest BCUT2D eigenvalue weighted by Gasteiger charge is 2.16. The molecule has 0 spiro atoms. The molecule has 1 fully saturated rings. The highest BCUT2D eigenvalue weighted by molar-refractivity contribution is 5.24. The van der Waals surface area contributed by atoms with Crippen molar-refractivity contribution < 1.29 is 4.39 Å². The van der Waals surface area contributed by atoms with E-state index in [-0.39, 0.29) is 5.82 Å². The number of rotatable bonds is 2. The second-order valence-corrected chi connectivity index (χ2v) is 4.69. The smallest absolute Gasteiger partial charge is 0.127 e. The van der Waals surface area contributed by atoms with Gasteiger partial charge in [-0.2, -0.15) is 0 Å². The minimum absolute atomic E-state index is 0.0863. The van der Waals surface area contributed by atoms with Gasteiger partial charge in [-0.3, -0.25) is 4.90 Å². The maximum absolute atomic E-state index is 13.6. The van der Waals surface area contributed by atoms with Gasteiger partial charge in [0.1, 0.15) is 5.82 Å². The molecule has 0 radical (unpaired) electrons. The summed E-state index contributed by atoms with van der Waals surface area (Å²) in [5.74, 6) is -0.0863. The van der Waals surface area contributed by atoms with Gasteiger partial charge in [0.2, 0.25) is 0 Å². The molecule has 0 aromatic heterocycles. The van der Waals surface area contributed by atoms with E-state index in [4.69, 9.17) is 0 Å². The van der Waals surface area contributed by atoms with Crippen molar-refractivity contribution in [1.29, 1.82) is 0 Å². The highest BCUT2D eigenvalue weighted by Crippen LogP contribution is 2.13. The molecule has 0 bridgehead atoms. The summed E-state index contributed by atoms with van der Waals surface area (Å²) in [5.41, 5.74) is 1.94. The van der Waals surface area contributed by atoms with Crippen molar-refractivity contribution in [2.24, 2.45) is 0 Å². The Labute approximate surface area is 96.5 Å². The zero-order valence-corrected chi connectivity index (χ0v) is 9.96. The summed E-state index contributed by atoms with van der Waals surface area (Å²) in [6.07, 6.45) is 0. The molecule has 0 saturated carbocycles. The minimum Gasteiger partial charge on any atom is -0.312 e. The number of benzene rings is 1. The van der Waals surface area contributed by atoms with E-state index in [1.807, 2.05) is 19.1 Å². The van der Waals surface area contributed by atoms with Crippen molar-refractivity contribution in [1.82, 2.24) is 10.2 Å². The second kappa shape index (κ2) is 4.93. The zero-order valence-electron chi connectivity index (χ0n) is 9.96. The monoisotopic (exact) mass is 222 g/mol. The third kappa shape index (κ3) is 2.80. The lowest BCUT2D eigenvalue weighted by Crippen LogP contribution is -2.48. The lowest BCUT2D eigenvalue weighted by Gasteiger charge is -2.31. The molecule has 16 heavy (non-hydrogen) atoms. The molecule has 1 unspecified atom stereocenters. The molecule has 1 atom stereocenters. The molecule has 1 aromatic carbocycles. The summed E-state index contributed by atoms with van der Waals surface area (Å²) in [5, 5.41) is 3.39. The van der Waals surface area contributed by atoms with Crippen molar-refractivity contribution in [2.75, 3.05) is 19.6 Å². The maximum atomic E-state index is 13.6. The van der Waals surface area contributed by atoms with Gasteiger partial charge < -0.3 is 5.32 Å². The summed E-state index contributed by atoms with van der Waals surface area (Å²) in [4.78, 5) is 2.30. The van der Waals surface area contributed by atoms with Gasteiger partial charge >= 0.3 is 0 Å². The number of aryl methyl sites for hydroxylation is 1. The third-order valence-corrected chi connectivity index (χ3v) is 3.05. The van der Waals surface area contributed by atoms with Gasteiger partial charge in [-0.1, -0.05) is 17.7 Å². The number of piperazine rings is 1. The summed E-state index contributed by atoms with van der Waals surface area (Å²) in [6, 6.07) is 5.83. The highest BCUT2D eigenvalue weighted by atomic mass is 19.1. The van der Waals surface area contributed by atoms with Gasteiger partial charge in [0.05, 0.1) is 0 Å². The largest absolute Gasteiger partial charge is 0.312 e. The topological polar surface area (TPSA) is 15.3 Å². The molecule has 2 nitrogen and oxygen atoms in total. The van der Waals surface area contributed by atoms with Crippen LogP contribution in [-0.2, 0) is 6.54 Å². The molecular weight excluding hydrogens is 203 g/mol. The Morgan fingerprint density at radius 1 is 1.50 bits per heavy atom. The zero-order chi connectivity index (χ0) is 11.5. The van der Waals surface area contributed by atoms with E-state index in [1.54, 1.807) is 6.07 Å². The van der Waals surface area contributed by atoms with E-state index in [0.717, 1.165) is 37.3 Å². The fourth-order valence-electron chi connectivity index (χ4n) is 2.22. The fraction of sp³-hybridized carbons (Fsp3) is 0.538. The van der Waals surface area contributed by atoms with Gasteiger partial charge in [-0.15, -0.1) is 0 Å². The predicted molar refractivity (Wildman–Crippen MR) is 63.9 cm³/mol. The second-order valence-electron chi connectivity index (χ2n) is 4.69. The van der Waals surface area contributed by atoms with Gasteiger partial charge in [-0.25, -0.2) is 4.39 Å². The van der Waals surface area contributed by atoms with Crippen LogP contribution in [0.2, 0.25) is 0 Å². The molecule has 1 aliphatic heterocycles. The van der Waals surface area contributed by atoms with Crippen molar-refractivity contribution in [2.45, 2.75) is 26.4 Å².